The van der Waals surface area contributed by atoms with Crippen LogP contribution in [0.5, 0.6) is 11.5 Å². The van der Waals surface area contributed by atoms with Crippen LogP contribution in [0, 0.1) is 5.82 Å². The minimum absolute atomic E-state index is 0.199. The molecule has 5 nitrogen and oxygen atoms in total. The van der Waals surface area contributed by atoms with Gasteiger partial charge in [0, 0.05) is 10.6 Å². The molecular weight excluding hydrogens is 442 g/mol. The molecule has 0 spiro atoms. The SMILES string of the molecule is CCOc1cc(/C=N\NC(=O)c2ccc(Cl)cc2)cc(Cl)c1OCc1ccc(F)cc1. The lowest BCUT2D eigenvalue weighted by Gasteiger charge is -2.14. The van der Waals surface area contributed by atoms with Crippen molar-refractivity contribution in [2.24, 2.45) is 5.10 Å². The molecule has 0 atom stereocenters. The number of carbonyl (C=O) groups excluding carboxylic acids is 1. The highest BCUT2D eigenvalue weighted by atomic mass is 35.5. The Morgan fingerprint density at radius 2 is 1.77 bits per heavy atom. The number of halogens is 3. The maximum atomic E-state index is 13.1. The van der Waals surface area contributed by atoms with E-state index in [4.69, 9.17) is 32.7 Å². The molecule has 0 saturated carbocycles. The minimum atomic E-state index is -0.372. The van der Waals surface area contributed by atoms with Crippen LogP contribution in [-0.2, 0) is 6.61 Å². The normalized spacial score (nSPS) is 10.8. The van der Waals surface area contributed by atoms with E-state index in [0.717, 1.165) is 5.56 Å². The predicted octanol–water partition coefficient (Wildman–Crippen LogP) is 5.87. The number of amides is 1. The Labute approximate surface area is 189 Å². The van der Waals surface area contributed by atoms with E-state index in [1.54, 1.807) is 48.5 Å². The van der Waals surface area contributed by atoms with E-state index in [2.05, 4.69) is 10.5 Å². The maximum Gasteiger partial charge on any atom is 0.271 e. The van der Waals surface area contributed by atoms with Crippen LogP contribution >= 0.6 is 23.2 Å². The lowest BCUT2D eigenvalue weighted by Crippen LogP contribution is -2.17. The summed E-state index contributed by atoms with van der Waals surface area (Å²) in [5, 5.41) is 4.83. The fourth-order valence-electron chi connectivity index (χ4n) is 2.63. The largest absolute Gasteiger partial charge is 0.490 e. The van der Waals surface area contributed by atoms with Gasteiger partial charge in [0.05, 0.1) is 17.8 Å². The lowest BCUT2D eigenvalue weighted by atomic mass is 10.2. The summed E-state index contributed by atoms with van der Waals surface area (Å²) in [4.78, 5) is 12.1. The number of hydrogen-bond donors (Lipinski definition) is 1. The van der Waals surface area contributed by atoms with Gasteiger partial charge in [0.1, 0.15) is 12.4 Å². The molecule has 1 amide bonds. The van der Waals surface area contributed by atoms with Gasteiger partial charge in [-0.25, -0.2) is 9.82 Å². The van der Waals surface area contributed by atoms with Crippen LogP contribution in [0.2, 0.25) is 10.0 Å². The van der Waals surface area contributed by atoms with Crippen LogP contribution in [0.15, 0.2) is 65.8 Å². The van der Waals surface area contributed by atoms with Gasteiger partial charge in [-0.05, 0) is 66.6 Å². The highest BCUT2D eigenvalue weighted by Crippen LogP contribution is 2.37. The smallest absolute Gasteiger partial charge is 0.271 e. The predicted molar refractivity (Wildman–Crippen MR) is 120 cm³/mol. The summed E-state index contributed by atoms with van der Waals surface area (Å²) in [6.45, 7) is 2.44. The number of carbonyl (C=O) groups is 1. The van der Waals surface area contributed by atoms with E-state index >= 15 is 0 Å². The van der Waals surface area contributed by atoms with Crippen LogP contribution in [-0.4, -0.2) is 18.7 Å². The highest BCUT2D eigenvalue weighted by Gasteiger charge is 2.13. The van der Waals surface area contributed by atoms with Gasteiger partial charge >= 0.3 is 0 Å². The molecule has 0 radical (unpaired) electrons. The summed E-state index contributed by atoms with van der Waals surface area (Å²) in [6, 6.07) is 15.8. The average Bonchev–Trinajstić information content (AvgIpc) is 2.75. The molecule has 31 heavy (non-hydrogen) atoms. The monoisotopic (exact) mass is 460 g/mol. The second-order valence-electron chi connectivity index (χ2n) is 6.38. The summed E-state index contributed by atoms with van der Waals surface area (Å²) in [6.07, 6.45) is 1.45. The van der Waals surface area contributed by atoms with Crippen molar-refractivity contribution >= 4 is 35.3 Å². The number of nitrogens with zero attached hydrogens (tertiary/aromatic N) is 1. The number of hydrazone groups is 1. The van der Waals surface area contributed by atoms with Gasteiger partial charge in [-0.3, -0.25) is 4.79 Å². The third kappa shape index (κ3) is 6.44. The first-order valence-electron chi connectivity index (χ1n) is 9.39. The Kier molecular flexibility index (Phi) is 7.87. The Hall–Kier alpha value is -3.09. The minimum Gasteiger partial charge on any atom is -0.490 e. The Bertz CT molecular complexity index is 1070. The van der Waals surface area contributed by atoms with Gasteiger partial charge in [0.15, 0.2) is 11.5 Å². The molecule has 0 bridgehead atoms. The quantitative estimate of drug-likeness (QED) is 0.337. The van der Waals surface area contributed by atoms with Gasteiger partial charge in [-0.15, -0.1) is 0 Å². The molecule has 0 unspecified atom stereocenters. The zero-order valence-electron chi connectivity index (χ0n) is 16.6. The van der Waals surface area contributed by atoms with Crippen LogP contribution in [0.4, 0.5) is 4.39 Å². The molecule has 8 heteroatoms. The first-order chi connectivity index (χ1) is 15.0. The summed E-state index contributed by atoms with van der Waals surface area (Å²) in [7, 11) is 0. The number of nitrogens with one attached hydrogen (secondary N) is 1. The summed E-state index contributed by atoms with van der Waals surface area (Å²) < 4.78 is 24.5. The standard InChI is InChI=1S/C23H19Cl2FN2O3/c1-2-30-21-12-16(13-27-28-23(29)17-5-7-18(24)8-6-17)11-20(25)22(21)31-14-15-3-9-19(26)10-4-15/h3-13H,2,14H2,1H3,(H,28,29)/b27-13-. The van der Waals surface area contributed by atoms with Crippen molar-refractivity contribution in [2.75, 3.05) is 6.61 Å². The maximum absolute atomic E-state index is 13.1. The van der Waals surface area contributed by atoms with Crippen molar-refractivity contribution in [3.63, 3.8) is 0 Å². The summed E-state index contributed by atoms with van der Waals surface area (Å²) in [5.41, 5.74) is 4.27. The molecule has 3 aromatic rings. The highest BCUT2D eigenvalue weighted by molar-refractivity contribution is 6.32. The van der Waals surface area contributed by atoms with Crippen molar-refractivity contribution in [3.8, 4) is 11.5 Å². The van der Waals surface area contributed by atoms with Gasteiger partial charge in [0.25, 0.3) is 5.91 Å². The van der Waals surface area contributed by atoms with Gasteiger partial charge in [-0.2, -0.15) is 5.10 Å². The molecule has 0 aliphatic rings. The number of benzene rings is 3. The van der Waals surface area contributed by atoms with Crippen LogP contribution < -0.4 is 14.9 Å². The lowest BCUT2D eigenvalue weighted by molar-refractivity contribution is 0.0955. The van der Waals surface area contributed by atoms with E-state index in [1.165, 1.54) is 18.3 Å². The second-order valence-corrected chi connectivity index (χ2v) is 7.23. The molecule has 0 aliphatic carbocycles. The van der Waals surface area contributed by atoms with Gasteiger partial charge < -0.3 is 9.47 Å². The topological polar surface area (TPSA) is 59.9 Å². The van der Waals surface area contributed by atoms with Crippen molar-refractivity contribution in [1.82, 2.24) is 5.43 Å². The van der Waals surface area contributed by atoms with E-state index in [0.29, 0.717) is 39.3 Å². The first kappa shape index (κ1) is 22.6. The van der Waals surface area contributed by atoms with Crippen molar-refractivity contribution in [3.05, 3.63) is 93.2 Å². The number of hydrogen-bond acceptors (Lipinski definition) is 4. The zero-order valence-corrected chi connectivity index (χ0v) is 18.1. The molecule has 160 valence electrons. The van der Waals surface area contributed by atoms with Crippen LogP contribution in [0.1, 0.15) is 28.4 Å². The number of rotatable bonds is 8. The fourth-order valence-corrected chi connectivity index (χ4v) is 3.03. The molecule has 0 heterocycles. The molecule has 1 N–H and O–H groups in total. The summed E-state index contributed by atoms with van der Waals surface area (Å²) >= 11 is 12.2. The Balaban J connectivity index is 1.71. The van der Waals surface area contributed by atoms with Gasteiger partial charge in [-0.1, -0.05) is 35.3 Å². The van der Waals surface area contributed by atoms with E-state index in [-0.39, 0.29) is 18.3 Å². The molecular formula is C23H19Cl2FN2O3. The summed E-state index contributed by atoms with van der Waals surface area (Å²) in [5.74, 6) is 0.115. The first-order valence-corrected chi connectivity index (χ1v) is 10.1. The molecule has 3 rings (SSSR count). The Morgan fingerprint density at radius 3 is 2.45 bits per heavy atom. The molecule has 0 aliphatic heterocycles. The molecule has 3 aromatic carbocycles. The number of ether oxygens (including phenoxy) is 2. The molecule has 0 saturated heterocycles. The third-order valence-corrected chi connectivity index (χ3v) is 4.65. The van der Waals surface area contributed by atoms with Gasteiger partial charge in [0.2, 0.25) is 0 Å². The third-order valence-electron chi connectivity index (χ3n) is 4.11. The van der Waals surface area contributed by atoms with Crippen LogP contribution in [0.25, 0.3) is 0 Å². The fraction of sp³-hybridized carbons (Fsp3) is 0.130. The van der Waals surface area contributed by atoms with Crippen molar-refractivity contribution in [2.45, 2.75) is 13.5 Å². The second kappa shape index (κ2) is 10.8. The molecule has 0 aromatic heterocycles. The molecule has 0 fully saturated rings. The zero-order chi connectivity index (χ0) is 22.2. The van der Waals surface area contributed by atoms with Crippen molar-refractivity contribution < 1.29 is 18.7 Å². The Morgan fingerprint density at radius 1 is 1.06 bits per heavy atom. The average molecular weight is 461 g/mol. The van der Waals surface area contributed by atoms with Crippen LogP contribution in [0.3, 0.4) is 0 Å². The van der Waals surface area contributed by atoms with E-state index in [9.17, 15) is 9.18 Å². The van der Waals surface area contributed by atoms with Crippen molar-refractivity contribution in [1.29, 1.82) is 0 Å². The van der Waals surface area contributed by atoms with E-state index in [1.807, 2.05) is 6.92 Å². The van der Waals surface area contributed by atoms with E-state index < -0.39 is 0 Å².